The lowest BCUT2D eigenvalue weighted by atomic mass is 10.1. The van der Waals surface area contributed by atoms with Crippen molar-refractivity contribution >= 4 is 29.1 Å². The Morgan fingerprint density at radius 3 is 2.83 bits per heavy atom. The van der Waals surface area contributed by atoms with Crippen molar-refractivity contribution in [2.24, 2.45) is 0 Å². The number of carbonyl (C=O) groups is 1. The number of nitrogens with one attached hydrogen (secondary N) is 1. The zero-order valence-electron chi connectivity index (χ0n) is 10.7. The minimum absolute atomic E-state index is 0.355. The minimum atomic E-state index is -0.401. The Morgan fingerprint density at radius 1 is 1.56 bits per heavy atom. The topological polar surface area (TPSA) is 64.3 Å². The van der Waals surface area contributed by atoms with Crippen molar-refractivity contribution in [2.75, 3.05) is 31.0 Å². The second-order valence-electron chi connectivity index (χ2n) is 4.50. The molecule has 2 rings (SSSR count). The normalized spacial score (nSPS) is 16.1. The second kappa shape index (κ2) is 5.10. The number of esters is 1. The lowest BCUT2D eigenvalue weighted by Crippen LogP contribution is -2.18. The highest BCUT2D eigenvalue weighted by Crippen LogP contribution is 2.47. The van der Waals surface area contributed by atoms with Crippen molar-refractivity contribution in [2.45, 2.75) is 17.6 Å². The van der Waals surface area contributed by atoms with Crippen molar-refractivity contribution in [3.05, 3.63) is 23.8 Å². The number of hydrogen-bond acceptors (Lipinski definition) is 5. The van der Waals surface area contributed by atoms with Crippen molar-refractivity contribution in [3.8, 4) is 0 Å². The zero-order valence-corrected chi connectivity index (χ0v) is 11.5. The third-order valence-corrected chi connectivity index (χ3v) is 4.77. The first-order chi connectivity index (χ1) is 8.62. The van der Waals surface area contributed by atoms with E-state index in [1.165, 1.54) is 20.0 Å². The van der Waals surface area contributed by atoms with Gasteiger partial charge in [-0.3, -0.25) is 0 Å². The van der Waals surface area contributed by atoms with Gasteiger partial charge in [-0.15, -0.1) is 0 Å². The van der Waals surface area contributed by atoms with E-state index in [0.29, 0.717) is 16.0 Å². The van der Waals surface area contributed by atoms with E-state index >= 15 is 0 Å². The number of nitrogens with two attached hydrogens (primary N) is 1. The summed E-state index contributed by atoms with van der Waals surface area (Å²) in [7, 11) is 1.36. The fraction of sp³-hybridized carbons (Fsp3) is 0.462. The number of methoxy groups -OCH3 is 1. The Balaban J connectivity index is 2.11. The SMILES string of the molecule is COC(=O)c1cccc(NCC2(SC)CC2)c1N. The molecule has 1 aromatic carbocycles. The van der Waals surface area contributed by atoms with Crippen LogP contribution in [0.5, 0.6) is 0 Å². The van der Waals surface area contributed by atoms with Crippen LogP contribution in [0, 0.1) is 0 Å². The summed E-state index contributed by atoms with van der Waals surface area (Å²) in [6.45, 7) is 0.878. The first kappa shape index (κ1) is 13.1. The quantitative estimate of drug-likeness (QED) is 0.632. The van der Waals surface area contributed by atoms with Gasteiger partial charge in [0, 0.05) is 11.3 Å². The van der Waals surface area contributed by atoms with E-state index in [1.807, 2.05) is 23.9 Å². The van der Waals surface area contributed by atoms with Crippen molar-refractivity contribution in [1.29, 1.82) is 0 Å². The summed E-state index contributed by atoms with van der Waals surface area (Å²) in [4.78, 5) is 11.5. The molecule has 1 aliphatic carbocycles. The van der Waals surface area contributed by atoms with Gasteiger partial charge in [0.05, 0.1) is 24.0 Å². The number of hydrogen-bond donors (Lipinski definition) is 2. The van der Waals surface area contributed by atoms with Gasteiger partial charge >= 0.3 is 5.97 Å². The van der Waals surface area contributed by atoms with Crippen LogP contribution in [-0.4, -0.2) is 30.6 Å². The van der Waals surface area contributed by atoms with Crippen LogP contribution >= 0.6 is 11.8 Å². The molecule has 0 saturated heterocycles. The van der Waals surface area contributed by atoms with Gasteiger partial charge in [0.25, 0.3) is 0 Å². The van der Waals surface area contributed by atoms with Crippen molar-refractivity contribution in [3.63, 3.8) is 0 Å². The summed E-state index contributed by atoms with van der Waals surface area (Å²) in [6, 6.07) is 5.37. The molecule has 0 aromatic heterocycles. The van der Waals surface area contributed by atoms with Gasteiger partial charge in [0.1, 0.15) is 0 Å². The minimum Gasteiger partial charge on any atom is -0.465 e. The number of para-hydroxylation sites is 1. The number of thioether (sulfide) groups is 1. The van der Waals surface area contributed by atoms with Gasteiger partial charge in [0.2, 0.25) is 0 Å². The van der Waals surface area contributed by atoms with Crippen molar-refractivity contribution < 1.29 is 9.53 Å². The highest BCUT2D eigenvalue weighted by Gasteiger charge is 2.41. The Morgan fingerprint density at radius 2 is 2.28 bits per heavy atom. The van der Waals surface area contributed by atoms with E-state index in [1.54, 1.807) is 6.07 Å². The molecular formula is C13H18N2O2S. The van der Waals surface area contributed by atoms with E-state index in [9.17, 15) is 4.79 Å². The van der Waals surface area contributed by atoms with E-state index < -0.39 is 5.97 Å². The lowest BCUT2D eigenvalue weighted by molar-refractivity contribution is 0.0602. The molecule has 18 heavy (non-hydrogen) atoms. The van der Waals surface area contributed by atoms with Crippen LogP contribution < -0.4 is 11.1 Å². The third kappa shape index (κ3) is 2.56. The number of carbonyl (C=O) groups excluding carboxylic acids is 1. The molecule has 0 spiro atoms. The van der Waals surface area contributed by atoms with Crippen LogP contribution in [0.1, 0.15) is 23.2 Å². The van der Waals surface area contributed by atoms with Crippen molar-refractivity contribution in [1.82, 2.24) is 0 Å². The number of rotatable bonds is 5. The lowest BCUT2D eigenvalue weighted by Gasteiger charge is -2.16. The number of benzene rings is 1. The molecule has 98 valence electrons. The average molecular weight is 266 g/mol. The largest absolute Gasteiger partial charge is 0.465 e. The third-order valence-electron chi connectivity index (χ3n) is 3.35. The predicted molar refractivity (Wildman–Crippen MR) is 76.2 cm³/mol. The summed E-state index contributed by atoms with van der Waals surface area (Å²) >= 11 is 1.88. The second-order valence-corrected chi connectivity index (χ2v) is 5.77. The van der Waals surface area contributed by atoms with Gasteiger partial charge in [0.15, 0.2) is 0 Å². The summed E-state index contributed by atoms with van der Waals surface area (Å²) in [6.07, 6.45) is 4.60. The first-order valence-corrected chi connectivity index (χ1v) is 7.10. The van der Waals surface area contributed by atoms with Crippen LogP contribution in [0.4, 0.5) is 11.4 Å². The van der Waals surface area contributed by atoms with Gasteiger partial charge in [-0.25, -0.2) is 4.79 Å². The highest BCUT2D eigenvalue weighted by atomic mass is 32.2. The van der Waals surface area contributed by atoms with E-state index in [4.69, 9.17) is 10.5 Å². The molecule has 0 heterocycles. The number of nitrogen functional groups attached to an aromatic ring is 1. The summed E-state index contributed by atoms with van der Waals surface area (Å²) in [5.74, 6) is -0.401. The predicted octanol–water partition coefficient (Wildman–Crippen LogP) is 2.36. The fourth-order valence-corrected chi connectivity index (χ4v) is 2.58. The molecule has 0 aliphatic heterocycles. The smallest absolute Gasteiger partial charge is 0.340 e. The molecule has 1 aromatic rings. The molecule has 0 unspecified atom stereocenters. The number of anilines is 2. The maximum atomic E-state index is 11.5. The molecule has 3 N–H and O–H groups in total. The van der Waals surface area contributed by atoms with Crippen LogP contribution in [0.25, 0.3) is 0 Å². The average Bonchev–Trinajstić information content (AvgIpc) is 3.17. The molecule has 1 aliphatic rings. The van der Waals surface area contributed by atoms with Gasteiger partial charge in [-0.1, -0.05) is 6.07 Å². The maximum Gasteiger partial charge on any atom is 0.340 e. The standard InChI is InChI=1S/C13H18N2O2S/c1-17-12(16)9-4-3-5-10(11(9)14)15-8-13(18-2)6-7-13/h3-5,15H,6-8,14H2,1-2H3. The van der Waals surface area contributed by atoms with E-state index in [-0.39, 0.29) is 0 Å². The van der Waals surface area contributed by atoms with Crippen LogP contribution in [0.2, 0.25) is 0 Å². The molecular weight excluding hydrogens is 248 g/mol. The molecule has 5 heteroatoms. The van der Waals surface area contributed by atoms with Gasteiger partial charge in [-0.05, 0) is 31.2 Å². The van der Waals surface area contributed by atoms with Gasteiger partial charge in [-0.2, -0.15) is 11.8 Å². The highest BCUT2D eigenvalue weighted by molar-refractivity contribution is 8.00. The van der Waals surface area contributed by atoms with E-state index in [2.05, 4.69) is 11.6 Å². The molecule has 0 amide bonds. The summed E-state index contributed by atoms with van der Waals surface area (Å²) in [5, 5.41) is 3.33. The molecule has 1 fully saturated rings. The Labute approximate surface area is 111 Å². The fourth-order valence-electron chi connectivity index (χ4n) is 1.86. The molecule has 0 bridgehead atoms. The van der Waals surface area contributed by atoms with Crippen LogP contribution in [0.3, 0.4) is 0 Å². The monoisotopic (exact) mass is 266 g/mol. The Kier molecular flexibility index (Phi) is 3.71. The zero-order chi connectivity index (χ0) is 13.2. The van der Waals surface area contributed by atoms with Gasteiger partial charge < -0.3 is 15.8 Å². The first-order valence-electron chi connectivity index (χ1n) is 5.88. The van der Waals surface area contributed by atoms with E-state index in [0.717, 1.165) is 12.2 Å². The Bertz CT molecular complexity index is 458. The molecule has 0 radical (unpaired) electrons. The summed E-state index contributed by atoms with van der Waals surface area (Å²) in [5.41, 5.74) is 7.66. The maximum absolute atomic E-state index is 11.5. The molecule has 1 saturated carbocycles. The molecule has 0 atom stereocenters. The number of ether oxygens (including phenoxy) is 1. The Hall–Kier alpha value is -1.36. The van der Waals surface area contributed by atoms with Crippen LogP contribution in [-0.2, 0) is 4.74 Å². The molecule has 4 nitrogen and oxygen atoms in total. The summed E-state index contributed by atoms with van der Waals surface area (Å²) < 4.78 is 5.06. The van der Waals surface area contributed by atoms with Crippen LogP contribution in [0.15, 0.2) is 18.2 Å².